The van der Waals surface area contributed by atoms with E-state index in [9.17, 15) is 4.79 Å². The van der Waals surface area contributed by atoms with Gasteiger partial charge in [-0.05, 0) is 30.3 Å². The fourth-order valence-electron chi connectivity index (χ4n) is 1.97. The van der Waals surface area contributed by atoms with Crippen molar-refractivity contribution in [2.45, 2.75) is 0 Å². The molecule has 0 N–H and O–H groups in total. The Balaban J connectivity index is 1.96. The summed E-state index contributed by atoms with van der Waals surface area (Å²) in [4.78, 5) is 11.4. The van der Waals surface area contributed by atoms with Crippen molar-refractivity contribution in [2.75, 3.05) is 7.11 Å². The third kappa shape index (κ3) is 2.23. The van der Waals surface area contributed by atoms with Crippen LogP contribution in [0.1, 0.15) is 10.6 Å². The summed E-state index contributed by atoms with van der Waals surface area (Å²) in [5.74, 6) is 1.09. The molecule has 3 rings (SSSR count). The maximum Gasteiger partial charge on any atom is 0.373 e. The maximum absolute atomic E-state index is 11.4. The molecule has 0 bridgehead atoms. The molecule has 0 aliphatic carbocycles. The van der Waals surface area contributed by atoms with Crippen LogP contribution in [0.4, 0.5) is 0 Å². The quantitative estimate of drug-likeness (QED) is 0.674. The van der Waals surface area contributed by atoms with E-state index in [0.717, 1.165) is 16.9 Å². The summed E-state index contributed by atoms with van der Waals surface area (Å²) in [6.45, 7) is 0. The molecular formula is C16H12O4. The lowest BCUT2D eigenvalue weighted by Crippen LogP contribution is -1.98. The SMILES string of the molecule is COC(=O)c1ccc(-c2cccc(-c3ccco3)c2)o1. The Kier molecular flexibility index (Phi) is 3.13. The van der Waals surface area contributed by atoms with Crippen molar-refractivity contribution in [3.63, 3.8) is 0 Å². The molecule has 0 unspecified atom stereocenters. The molecule has 0 radical (unpaired) electrons. The van der Waals surface area contributed by atoms with Gasteiger partial charge < -0.3 is 13.6 Å². The van der Waals surface area contributed by atoms with Gasteiger partial charge in [-0.15, -0.1) is 0 Å². The lowest BCUT2D eigenvalue weighted by atomic mass is 10.1. The van der Waals surface area contributed by atoms with Crippen LogP contribution in [-0.2, 0) is 4.74 Å². The van der Waals surface area contributed by atoms with Crippen LogP contribution < -0.4 is 0 Å². The molecule has 0 amide bonds. The molecular weight excluding hydrogens is 256 g/mol. The fraction of sp³-hybridized carbons (Fsp3) is 0.0625. The molecule has 2 heterocycles. The third-order valence-corrected chi connectivity index (χ3v) is 2.95. The highest BCUT2D eigenvalue weighted by atomic mass is 16.5. The van der Waals surface area contributed by atoms with Crippen LogP contribution in [0.3, 0.4) is 0 Å². The third-order valence-electron chi connectivity index (χ3n) is 2.95. The number of carbonyl (C=O) groups is 1. The van der Waals surface area contributed by atoms with Crippen molar-refractivity contribution in [2.24, 2.45) is 0 Å². The van der Waals surface area contributed by atoms with Crippen LogP contribution >= 0.6 is 0 Å². The van der Waals surface area contributed by atoms with Crippen molar-refractivity contribution in [3.05, 3.63) is 60.6 Å². The van der Waals surface area contributed by atoms with Gasteiger partial charge in [-0.1, -0.05) is 18.2 Å². The van der Waals surface area contributed by atoms with Gasteiger partial charge in [0.15, 0.2) is 0 Å². The molecule has 0 aliphatic heterocycles. The minimum atomic E-state index is -0.488. The topological polar surface area (TPSA) is 52.6 Å². The molecule has 0 saturated heterocycles. The first-order chi connectivity index (χ1) is 9.78. The average molecular weight is 268 g/mol. The highest BCUT2D eigenvalue weighted by Gasteiger charge is 2.12. The molecule has 0 spiro atoms. The number of ether oxygens (including phenoxy) is 1. The van der Waals surface area contributed by atoms with E-state index >= 15 is 0 Å². The second kappa shape index (κ2) is 5.09. The second-order valence-electron chi connectivity index (χ2n) is 4.21. The van der Waals surface area contributed by atoms with Gasteiger partial charge in [0, 0.05) is 11.1 Å². The van der Waals surface area contributed by atoms with Gasteiger partial charge in [0.25, 0.3) is 0 Å². The highest BCUT2D eigenvalue weighted by molar-refractivity contribution is 5.87. The first-order valence-electron chi connectivity index (χ1n) is 6.10. The number of esters is 1. The zero-order valence-electron chi connectivity index (χ0n) is 10.8. The van der Waals surface area contributed by atoms with E-state index in [-0.39, 0.29) is 5.76 Å². The summed E-state index contributed by atoms with van der Waals surface area (Å²) in [5, 5.41) is 0. The molecule has 4 heteroatoms. The van der Waals surface area contributed by atoms with Crippen molar-refractivity contribution in [3.8, 4) is 22.6 Å². The first-order valence-corrected chi connectivity index (χ1v) is 6.10. The fourth-order valence-corrected chi connectivity index (χ4v) is 1.97. The summed E-state index contributed by atoms with van der Waals surface area (Å²) in [7, 11) is 1.32. The van der Waals surface area contributed by atoms with E-state index < -0.39 is 5.97 Å². The van der Waals surface area contributed by atoms with Gasteiger partial charge in [-0.3, -0.25) is 0 Å². The number of hydrogen-bond acceptors (Lipinski definition) is 4. The van der Waals surface area contributed by atoms with Crippen LogP contribution in [-0.4, -0.2) is 13.1 Å². The standard InChI is InChI=1S/C16H12O4/c1-18-16(17)15-8-7-14(20-15)12-5-2-4-11(10-12)13-6-3-9-19-13/h2-10H,1H3. The van der Waals surface area contributed by atoms with E-state index in [1.807, 2.05) is 36.4 Å². The van der Waals surface area contributed by atoms with E-state index in [1.54, 1.807) is 18.4 Å². The number of furan rings is 2. The Hall–Kier alpha value is -2.75. The maximum atomic E-state index is 11.4. The van der Waals surface area contributed by atoms with Crippen molar-refractivity contribution < 1.29 is 18.4 Å². The lowest BCUT2D eigenvalue weighted by molar-refractivity contribution is 0.0566. The van der Waals surface area contributed by atoms with Crippen LogP contribution in [0.25, 0.3) is 22.6 Å². The first kappa shape index (κ1) is 12.3. The largest absolute Gasteiger partial charge is 0.464 e. The molecule has 0 aliphatic rings. The van der Waals surface area contributed by atoms with Gasteiger partial charge in [-0.2, -0.15) is 0 Å². The molecule has 0 fully saturated rings. The summed E-state index contributed by atoms with van der Waals surface area (Å²) in [5.41, 5.74) is 1.82. The summed E-state index contributed by atoms with van der Waals surface area (Å²) in [6, 6.07) is 14.8. The van der Waals surface area contributed by atoms with E-state index in [0.29, 0.717) is 5.76 Å². The lowest BCUT2D eigenvalue weighted by Gasteiger charge is -2.01. The van der Waals surface area contributed by atoms with Gasteiger partial charge in [0.1, 0.15) is 11.5 Å². The van der Waals surface area contributed by atoms with E-state index in [2.05, 4.69) is 4.74 Å². The molecule has 20 heavy (non-hydrogen) atoms. The molecule has 4 nitrogen and oxygen atoms in total. The average Bonchev–Trinajstić information content (AvgIpc) is 3.18. The summed E-state index contributed by atoms with van der Waals surface area (Å²) >= 11 is 0. The van der Waals surface area contributed by atoms with Crippen molar-refractivity contribution in [1.29, 1.82) is 0 Å². The highest BCUT2D eigenvalue weighted by Crippen LogP contribution is 2.28. The minimum Gasteiger partial charge on any atom is -0.464 e. The van der Waals surface area contributed by atoms with Gasteiger partial charge in [0.2, 0.25) is 5.76 Å². The monoisotopic (exact) mass is 268 g/mol. The number of benzene rings is 1. The molecule has 1 aromatic carbocycles. The molecule has 3 aromatic rings. The normalized spacial score (nSPS) is 10.4. The number of carbonyl (C=O) groups excluding carboxylic acids is 1. The van der Waals surface area contributed by atoms with Crippen LogP contribution in [0.2, 0.25) is 0 Å². The van der Waals surface area contributed by atoms with Crippen LogP contribution in [0.5, 0.6) is 0 Å². The van der Waals surface area contributed by atoms with Gasteiger partial charge in [0.05, 0.1) is 13.4 Å². The van der Waals surface area contributed by atoms with Crippen LogP contribution in [0, 0.1) is 0 Å². The predicted molar refractivity (Wildman–Crippen MR) is 73.2 cm³/mol. The zero-order chi connectivity index (χ0) is 13.9. The van der Waals surface area contributed by atoms with Crippen LogP contribution in [0.15, 0.2) is 63.6 Å². The predicted octanol–water partition coefficient (Wildman–Crippen LogP) is 3.99. The number of rotatable bonds is 3. The summed E-state index contributed by atoms with van der Waals surface area (Å²) < 4.78 is 15.5. The zero-order valence-corrected chi connectivity index (χ0v) is 10.8. The van der Waals surface area contributed by atoms with E-state index in [1.165, 1.54) is 7.11 Å². The summed E-state index contributed by atoms with van der Waals surface area (Å²) in [6.07, 6.45) is 1.63. The smallest absolute Gasteiger partial charge is 0.373 e. The number of hydrogen-bond donors (Lipinski definition) is 0. The number of methoxy groups -OCH3 is 1. The van der Waals surface area contributed by atoms with Crippen molar-refractivity contribution >= 4 is 5.97 Å². The second-order valence-corrected chi connectivity index (χ2v) is 4.21. The molecule has 0 saturated carbocycles. The Morgan fingerprint density at radius 3 is 2.50 bits per heavy atom. The Bertz CT molecular complexity index is 723. The van der Waals surface area contributed by atoms with Gasteiger partial charge in [-0.25, -0.2) is 4.79 Å². The Morgan fingerprint density at radius 2 is 1.80 bits per heavy atom. The Labute approximate surface area is 115 Å². The minimum absolute atomic E-state index is 0.186. The Morgan fingerprint density at radius 1 is 1.00 bits per heavy atom. The molecule has 2 aromatic heterocycles. The molecule has 100 valence electrons. The van der Waals surface area contributed by atoms with Crippen molar-refractivity contribution in [1.82, 2.24) is 0 Å². The molecule has 0 atom stereocenters. The van der Waals surface area contributed by atoms with Gasteiger partial charge >= 0.3 is 5.97 Å². The van der Waals surface area contributed by atoms with E-state index in [4.69, 9.17) is 8.83 Å².